The predicted molar refractivity (Wildman–Crippen MR) is 44.0 cm³/mol. The van der Waals surface area contributed by atoms with Gasteiger partial charge in [-0.3, -0.25) is 0 Å². The zero-order chi connectivity index (χ0) is 7.33. The van der Waals surface area contributed by atoms with E-state index in [-0.39, 0.29) is 12.4 Å². The highest BCUT2D eigenvalue weighted by Crippen LogP contribution is 1.69. The topological polar surface area (TPSA) is 58.2 Å². The van der Waals surface area contributed by atoms with Crippen LogP contribution in [0.1, 0.15) is 0 Å². The number of hydrogen-bond donors (Lipinski definition) is 2. The summed E-state index contributed by atoms with van der Waals surface area (Å²) in [6.07, 6.45) is 1.14. The van der Waals surface area contributed by atoms with Gasteiger partial charge in [-0.15, -0.1) is 12.4 Å². The summed E-state index contributed by atoms with van der Waals surface area (Å²) in [5, 5.41) is 2.81. The number of likely N-dealkylation sites (N-methyl/N-ethyl adjacent to an activating group) is 1. The maximum Gasteiger partial charge on any atom is 0.208 e. The Hall–Kier alpha value is 0.160. The van der Waals surface area contributed by atoms with Crippen molar-refractivity contribution in [1.82, 2.24) is 10.0 Å². The SMILES string of the molecule is CNCCNS(C)(=O)=O.Cl. The van der Waals surface area contributed by atoms with E-state index in [1.165, 1.54) is 0 Å². The minimum atomic E-state index is -2.99. The van der Waals surface area contributed by atoms with Crippen LogP contribution in [0.25, 0.3) is 0 Å². The van der Waals surface area contributed by atoms with Gasteiger partial charge in [0, 0.05) is 13.1 Å². The molecule has 0 saturated heterocycles. The van der Waals surface area contributed by atoms with Crippen LogP contribution in [0.15, 0.2) is 0 Å². The van der Waals surface area contributed by atoms with Gasteiger partial charge in [0.15, 0.2) is 0 Å². The molecule has 0 aliphatic heterocycles. The molecule has 0 rings (SSSR count). The lowest BCUT2D eigenvalue weighted by Gasteiger charge is -1.98. The first-order chi connectivity index (χ1) is 4.06. The van der Waals surface area contributed by atoms with E-state index in [4.69, 9.17) is 0 Å². The fourth-order valence-electron chi connectivity index (χ4n) is 0.361. The highest BCUT2D eigenvalue weighted by molar-refractivity contribution is 7.88. The number of rotatable bonds is 4. The summed E-state index contributed by atoms with van der Waals surface area (Å²) < 4.78 is 23.1. The zero-order valence-electron chi connectivity index (χ0n) is 6.05. The maximum absolute atomic E-state index is 10.4. The average molecular weight is 189 g/mol. The molecule has 6 heteroatoms. The molecule has 0 radical (unpaired) electrons. The van der Waals surface area contributed by atoms with Crippen LogP contribution in [0, 0.1) is 0 Å². The van der Waals surface area contributed by atoms with Crippen molar-refractivity contribution in [2.24, 2.45) is 0 Å². The monoisotopic (exact) mass is 188 g/mol. The van der Waals surface area contributed by atoms with Crippen LogP contribution >= 0.6 is 12.4 Å². The number of sulfonamides is 1. The Bertz CT molecular complexity index is 157. The number of hydrogen-bond acceptors (Lipinski definition) is 3. The van der Waals surface area contributed by atoms with Gasteiger partial charge in [0.2, 0.25) is 10.0 Å². The molecule has 0 aromatic rings. The van der Waals surface area contributed by atoms with Crippen LogP contribution < -0.4 is 10.0 Å². The molecule has 0 unspecified atom stereocenters. The standard InChI is InChI=1S/C4H12N2O2S.ClH/c1-5-3-4-6-9(2,7)8;/h5-6H,3-4H2,1-2H3;1H. The van der Waals surface area contributed by atoms with Gasteiger partial charge in [0.1, 0.15) is 0 Å². The molecule has 0 aliphatic rings. The smallest absolute Gasteiger partial charge is 0.208 e. The summed E-state index contributed by atoms with van der Waals surface area (Å²) >= 11 is 0. The lowest BCUT2D eigenvalue weighted by molar-refractivity contribution is 0.585. The normalized spacial score (nSPS) is 10.6. The maximum atomic E-state index is 10.4. The lowest BCUT2D eigenvalue weighted by Crippen LogP contribution is -2.29. The van der Waals surface area contributed by atoms with Crippen molar-refractivity contribution in [2.75, 3.05) is 26.4 Å². The molecule has 0 heterocycles. The Labute approximate surface area is 67.8 Å². The Morgan fingerprint density at radius 2 is 1.80 bits per heavy atom. The molecule has 0 atom stereocenters. The molecule has 0 aliphatic carbocycles. The van der Waals surface area contributed by atoms with E-state index >= 15 is 0 Å². The van der Waals surface area contributed by atoms with Crippen LogP contribution in [-0.2, 0) is 10.0 Å². The Morgan fingerprint density at radius 1 is 1.30 bits per heavy atom. The number of halogens is 1. The Morgan fingerprint density at radius 3 is 2.10 bits per heavy atom. The first-order valence-corrected chi connectivity index (χ1v) is 4.54. The molecule has 10 heavy (non-hydrogen) atoms. The van der Waals surface area contributed by atoms with Crippen molar-refractivity contribution < 1.29 is 8.42 Å². The van der Waals surface area contributed by atoms with E-state index in [2.05, 4.69) is 10.0 Å². The molecule has 64 valence electrons. The van der Waals surface area contributed by atoms with Crippen LogP contribution in [0.2, 0.25) is 0 Å². The molecule has 0 saturated carbocycles. The van der Waals surface area contributed by atoms with Crippen molar-refractivity contribution in [3.05, 3.63) is 0 Å². The van der Waals surface area contributed by atoms with Gasteiger partial charge in [0.25, 0.3) is 0 Å². The number of nitrogens with one attached hydrogen (secondary N) is 2. The third-order valence-electron chi connectivity index (χ3n) is 0.739. The first-order valence-electron chi connectivity index (χ1n) is 2.65. The molecule has 0 fully saturated rings. The Kier molecular flexibility index (Phi) is 7.56. The van der Waals surface area contributed by atoms with Crippen molar-refractivity contribution in [2.45, 2.75) is 0 Å². The van der Waals surface area contributed by atoms with E-state index in [1.807, 2.05) is 0 Å². The van der Waals surface area contributed by atoms with E-state index in [0.29, 0.717) is 13.1 Å². The van der Waals surface area contributed by atoms with E-state index in [0.717, 1.165) is 6.26 Å². The minimum absolute atomic E-state index is 0. The van der Waals surface area contributed by atoms with E-state index in [9.17, 15) is 8.42 Å². The van der Waals surface area contributed by atoms with Gasteiger partial charge in [-0.2, -0.15) is 0 Å². The molecule has 0 aromatic carbocycles. The van der Waals surface area contributed by atoms with Crippen molar-refractivity contribution in [1.29, 1.82) is 0 Å². The summed E-state index contributed by atoms with van der Waals surface area (Å²) in [6, 6.07) is 0. The van der Waals surface area contributed by atoms with Crippen molar-refractivity contribution >= 4 is 22.4 Å². The molecule has 0 aromatic heterocycles. The van der Waals surface area contributed by atoms with Gasteiger partial charge in [-0.05, 0) is 7.05 Å². The lowest BCUT2D eigenvalue weighted by atomic mass is 10.7. The fourth-order valence-corrected chi connectivity index (χ4v) is 0.834. The highest BCUT2D eigenvalue weighted by Gasteiger charge is 1.95. The molecular formula is C4H13ClN2O2S. The quantitative estimate of drug-likeness (QED) is 0.567. The summed E-state index contributed by atoms with van der Waals surface area (Å²) in [5.41, 5.74) is 0. The second kappa shape index (κ2) is 5.91. The third kappa shape index (κ3) is 11.0. The van der Waals surface area contributed by atoms with Crippen LogP contribution in [0.5, 0.6) is 0 Å². The summed E-state index contributed by atoms with van der Waals surface area (Å²) in [4.78, 5) is 0. The second-order valence-electron chi connectivity index (χ2n) is 1.77. The van der Waals surface area contributed by atoms with Crippen molar-refractivity contribution in [3.8, 4) is 0 Å². The molecule has 0 bridgehead atoms. The van der Waals surface area contributed by atoms with Gasteiger partial charge in [-0.25, -0.2) is 13.1 Å². The first kappa shape index (κ1) is 12.8. The third-order valence-corrected chi connectivity index (χ3v) is 1.47. The van der Waals surface area contributed by atoms with Gasteiger partial charge >= 0.3 is 0 Å². The van der Waals surface area contributed by atoms with Gasteiger partial charge in [-0.1, -0.05) is 0 Å². The summed E-state index contributed by atoms with van der Waals surface area (Å²) in [7, 11) is -1.22. The summed E-state index contributed by atoms with van der Waals surface area (Å²) in [6.45, 7) is 1.11. The molecule has 0 amide bonds. The predicted octanol–water partition coefficient (Wildman–Crippen LogP) is -0.823. The largest absolute Gasteiger partial charge is 0.318 e. The average Bonchev–Trinajstić information content (AvgIpc) is 1.63. The van der Waals surface area contributed by atoms with Gasteiger partial charge < -0.3 is 5.32 Å². The fraction of sp³-hybridized carbons (Fsp3) is 1.00. The van der Waals surface area contributed by atoms with Gasteiger partial charge in [0.05, 0.1) is 6.26 Å². The van der Waals surface area contributed by atoms with Crippen molar-refractivity contribution in [3.63, 3.8) is 0 Å². The molecule has 4 nitrogen and oxygen atoms in total. The second-order valence-corrected chi connectivity index (χ2v) is 3.60. The molecular weight excluding hydrogens is 176 g/mol. The van der Waals surface area contributed by atoms with E-state index in [1.54, 1.807) is 7.05 Å². The molecule has 2 N–H and O–H groups in total. The van der Waals surface area contributed by atoms with Crippen LogP contribution in [0.4, 0.5) is 0 Å². The Balaban J connectivity index is 0. The van der Waals surface area contributed by atoms with E-state index < -0.39 is 10.0 Å². The minimum Gasteiger partial charge on any atom is -0.318 e. The summed E-state index contributed by atoms with van der Waals surface area (Å²) in [5.74, 6) is 0. The molecule has 0 spiro atoms. The zero-order valence-corrected chi connectivity index (χ0v) is 7.68. The van der Waals surface area contributed by atoms with Crippen LogP contribution in [-0.4, -0.2) is 34.8 Å². The highest BCUT2D eigenvalue weighted by atomic mass is 35.5. The van der Waals surface area contributed by atoms with Crippen LogP contribution in [0.3, 0.4) is 0 Å².